The number of nitrogens with one attached hydrogen (secondary N) is 1. The summed E-state index contributed by atoms with van der Waals surface area (Å²) in [7, 11) is 1.53. The Labute approximate surface area is 127 Å². The molecule has 7 heteroatoms. The Balaban J connectivity index is 2.09. The second kappa shape index (κ2) is 6.75. The van der Waals surface area contributed by atoms with Gasteiger partial charge in [-0.1, -0.05) is 6.07 Å². The summed E-state index contributed by atoms with van der Waals surface area (Å²) in [5.74, 6) is -0.728. The van der Waals surface area contributed by atoms with Gasteiger partial charge < -0.3 is 15.2 Å². The van der Waals surface area contributed by atoms with E-state index in [1.165, 1.54) is 11.8 Å². The molecule has 0 aliphatic heterocycles. The Hall–Kier alpha value is -2.83. The lowest BCUT2D eigenvalue weighted by Crippen LogP contribution is -2.14. The van der Waals surface area contributed by atoms with Crippen LogP contribution in [-0.4, -0.2) is 33.9 Å². The highest BCUT2D eigenvalue weighted by Gasteiger charge is 2.13. The van der Waals surface area contributed by atoms with Crippen molar-refractivity contribution in [1.29, 1.82) is 0 Å². The van der Waals surface area contributed by atoms with Crippen molar-refractivity contribution in [2.45, 2.75) is 19.9 Å². The maximum Gasteiger partial charge on any atom is 0.305 e. The van der Waals surface area contributed by atoms with Crippen molar-refractivity contribution in [3.05, 3.63) is 41.7 Å². The van der Waals surface area contributed by atoms with Gasteiger partial charge >= 0.3 is 5.97 Å². The number of anilines is 1. The van der Waals surface area contributed by atoms with E-state index in [1.54, 1.807) is 24.4 Å². The van der Waals surface area contributed by atoms with Crippen LogP contribution in [0.25, 0.3) is 0 Å². The molecule has 7 nitrogen and oxygen atoms in total. The van der Waals surface area contributed by atoms with Crippen molar-refractivity contribution < 1.29 is 19.4 Å². The number of rotatable bonds is 6. The van der Waals surface area contributed by atoms with Gasteiger partial charge in [0.15, 0.2) is 5.69 Å². The summed E-state index contributed by atoms with van der Waals surface area (Å²) in [6.07, 6.45) is 1.53. The normalized spacial score (nSPS) is 10.3. The van der Waals surface area contributed by atoms with Crippen LogP contribution < -0.4 is 10.1 Å². The van der Waals surface area contributed by atoms with E-state index in [0.29, 0.717) is 11.4 Å². The molecule has 0 atom stereocenters. The van der Waals surface area contributed by atoms with Crippen molar-refractivity contribution in [2.75, 3.05) is 12.4 Å². The van der Waals surface area contributed by atoms with E-state index in [1.807, 2.05) is 13.0 Å². The third kappa shape index (κ3) is 3.85. The first-order valence-electron chi connectivity index (χ1n) is 6.71. The number of carboxylic acid groups (broad SMARTS) is 1. The Kier molecular flexibility index (Phi) is 4.77. The van der Waals surface area contributed by atoms with Crippen LogP contribution in [0, 0.1) is 6.92 Å². The van der Waals surface area contributed by atoms with Gasteiger partial charge in [0.2, 0.25) is 0 Å². The van der Waals surface area contributed by atoms with Gasteiger partial charge in [0.25, 0.3) is 5.91 Å². The summed E-state index contributed by atoms with van der Waals surface area (Å²) in [6.45, 7) is 2.13. The monoisotopic (exact) mass is 303 g/mol. The number of methoxy groups -OCH3 is 1. The summed E-state index contributed by atoms with van der Waals surface area (Å²) in [5.41, 5.74) is 1.77. The lowest BCUT2D eigenvalue weighted by molar-refractivity contribution is -0.137. The van der Waals surface area contributed by atoms with Crippen LogP contribution in [0.5, 0.6) is 5.75 Å². The molecule has 22 heavy (non-hydrogen) atoms. The Morgan fingerprint density at radius 3 is 2.82 bits per heavy atom. The third-order valence-electron chi connectivity index (χ3n) is 3.03. The van der Waals surface area contributed by atoms with Crippen LogP contribution in [0.2, 0.25) is 0 Å². The SMILES string of the molecule is COc1ccc(C)cc1NC(=O)c1ccn(CCC(=O)O)n1. The zero-order valence-corrected chi connectivity index (χ0v) is 12.4. The molecule has 0 saturated heterocycles. The molecule has 1 aromatic heterocycles. The van der Waals surface area contributed by atoms with Crippen molar-refractivity contribution in [3.63, 3.8) is 0 Å². The first-order chi connectivity index (χ1) is 10.5. The van der Waals surface area contributed by atoms with E-state index >= 15 is 0 Å². The average Bonchev–Trinajstić information content (AvgIpc) is 2.94. The number of carbonyl (C=O) groups is 2. The maximum atomic E-state index is 12.2. The fraction of sp³-hybridized carbons (Fsp3) is 0.267. The van der Waals surface area contributed by atoms with Gasteiger partial charge in [-0.2, -0.15) is 5.10 Å². The molecular weight excluding hydrogens is 286 g/mol. The number of aliphatic carboxylic acids is 1. The number of ether oxygens (including phenoxy) is 1. The molecule has 0 spiro atoms. The van der Waals surface area contributed by atoms with E-state index in [4.69, 9.17) is 9.84 Å². The minimum absolute atomic E-state index is 0.0472. The molecule has 0 aliphatic carbocycles. The second-order valence-corrected chi connectivity index (χ2v) is 4.77. The van der Waals surface area contributed by atoms with Crippen LogP contribution in [-0.2, 0) is 11.3 Å². The minimum atomic E-state index is -0.911. The molecule has 0 radical (unpaired) electrons. The van der Waals surface area contributed by atoms with Crippen molar-refractivity contribution >= 4 is 17.6 Å². The van der Waals surface area contributed by atoms with Crippen molar-refractivity contribution in [1.82, 2.24) is 9.78 Å². The number of benzene rings is 1. The molecule has 2 aromatic rings. The molecule has 0 unspecified atom stereocenters. The molecule has 0 fully saturated rings. The van der Waals surface area contributed by atoms with Crippen molar-refractivity contribution in [2.24, 2.45) is 0 Å². The summed E-state index contributed by atoms with van der Waals surface area (Å²) in [6, 6.07) is 7.00. The highest BCUT2D eigenvalue weighted by atomic mass is 16.5. The maximum absolute atomic E-state index is 12.2. The molecule has 1 amide bonds. The van der Waals surface area contributed by atoms with Crippen LogP contribution in [0.3, 0.4) is 0 Å². The molecule has 0 saturated carbocycles. The molecule has 2 N–H and O–H groups in total. The van der Waals surface area contributed by atoms with E-state index < -0.39 is 5.97 Å². The van der Waals surface area contributed by atoms with E-state index in [9.17, 15) is 9.59 Å². The minimum Gasteiger partial charge on any atom is -0.495 e. The van der Waals surface area contributed by atoms with Crippen LogP contribution in [0.15, 0.2) is 30.5 Å². The first-order valence-corrected chi connectivity index (χ1v) is 6.71. The van der Waals surface area contributed by atoms with Gasteiger partial charge in [-0.25, -0.2) is 0 Å². The molecular formula is C15H17N3O4. The smallest absolute Gasteiger partial charge is 0.305 e. The van der Waals surface area contributed by atoms with Crippen molar-refractivity contribution in [3.8, 4) is 5.75 Å². The standard InChI is InChI=1S/C15H17N3O4/c1-10-3-4-13(22-2)12(9-10)16-15(21)11-5-7-18(17-11)8-6-14(19)20/h3-5,7,9H,6,8H2,1-2H3,(H,16,21)(H,19,20). The number of carboxylic acids is 1. The number of aromatic nitrogens is 2. The predicted molar refractivity (Wildman–Crippen MR) is 80.2 cm³/mol. The summed E-state index contributed by atoms with van der Waals surface area (Å²) in [5, 5.41) is 15.4. The van der Waals surface area contributed by atoms with E-state index in [-0.39, 0.29) is 24.6 Å². The van der Waals surface area contributed by atoms with E-state index in [2.05, 4.69) is 10.4 Å². The van der Waals surface area contributed by atoms with Crippen LogP contribution >= 0.6 is 0 Å². The lowest BCUT2D eigenvalue weighted by Gasteiger charge is -2.10. The summed E-state index contributed by atoms with van der Waals surface area (Å²) >= 11 is 0. The number of nitrogens with zero attached hydrogens (tertiary/aromatic N) is 2. The number of aryl methyl sites for hydroxylation is 2. The topological polar surface area (TPSA) is 93.5 Å². The van der Waals surface area contributed by atoms with Gasteiger partial charge in [-0.15, -0.1) is 0 Å². The lowest BCUT2D eigenvalue weighted by atomic mass is 10.2. The fourth-order valence-corrected chi connectivity index (χ4v) is 1.92. The Morgan fingerprint density at radius 2 is 2.14 bits per heavy atom. The van der Waals surface area contributed by atoms with Gasteiger partial charge in [0, 0.05) is 6.20 Å². The quantitative estimate of drug-likeness (QED) is 0.850. The third-order valence-corrected chi connectivity index (χ3v) is 3.03. The number of carbonyl (C=O) groups excluding carboxylic acids is 1. The molecule has 2 rings (SSSR count). The Morgan fingerprint density at radius 1 is 1.36 bits per heavy atom. The molecule has 1 aromatic carbocycles. The Bertz CT molecular complexity index is 694. The zero-order valence-electron chi connectivity index (χ0n) is 12.4. The summed E-state index contributed by atoms with van der Waals surface area (Å²) in [4.78, 5) is 22.7. The second-order valence-electron chi connectivity index (χ2n) is 4.77. The van der Waals surface area contributed by atoms with Gasteiger partial charge in [0.05, 0.1) is 25.8 Å². The van der Waals surface area contributed by atoms with Gasteiger partial charge in [0.1, 0.15) is 5.75 Å². The van der Waals surface area contributed by atoms with Gasteiger partial charge in [-0.05, 0) is 30.7 Å². The molecule has 116 valence electrons. The number of hydrogen-bond acceptors (Lipinski definition) is 4. The largest absolute Gasteiger partial charge is 0.495 e. The highest BCUT2D eigenvalue weighted by Crippen LogP contribution is 2.25. The first kappa shape index (κ1) is 15.6. The average molecular weight is 303 g/mol. The summed E-state index contributed by atoms with van der Waals surface area (Å²) < 4.78 is 6.63. The predicted octanol–water partition coefficient (Wildman–Crippen LogP) is 1.93. The molecule has 0 aliphatic rings. The van der Waals surface area contributed by atoms with Crippen LogP contribution in [0.4, 0.5) is 5.69 Å². The number of amides is 1. The van der Waals surface area contributed by atoms with E-state index in [0.717, 1.165) is 5.56 Å². The molecule has 1 heterocycles. The fourth-order valence-electron chi connectivity index (χ4n) is 1.92. The van der Waals surface area contributed by atoms with Crippen LogP contribution in [0.1, 0.15) is 22.5 Å². The van der Waals surface area contributed by atoms with Gasteiger partial charge in [-0.3, -0.25) is 14.3 Å². The molecule has 0 bridgehead atoms. The number of hydrogen-bond donors (Lipinski definition) is 2. The zero-order chi connectivity index (χ0) is 16.1. The highest BCUT2D eigenvalue weighted by molar-refractivity contribution is 6.03.